The predicted octanol–water partition coefficient (Wildman–Crippen LogP) is 3.13. The summed E-state index contributed by atoms with van der Waals surface area (Å²) >= 11 is 1.24. The number of hydrogen-bond donors (Lipinski definition) is 2. The normalized spacial score (nSPS) is 11.4. The number of nitrogens with two attached hydrogens (primary N) is 1. The van der Waals surface area contributed by atoms with Gasteiger partial charge in [-0.15, -0.1) is 11.3 Å². The molecule has 0 unspecified atom stereocenters. The maximum absolute atomic E-state index is 12.3. The molecular weight excluding hydrogens is 208 g/mol. The van der Waals surface area contributed by atoms with Crippen LogP contribution in [-0.2, 0) is 0 Å². The molecule has 0 bridgehead atoms. The third-order valence-corrected chi connectivity index (χ3v) is 2.90. The molecule has 0 radical (unpaired) electrons. The van der Waals surface area contributed by atoms with Gasteiger partial charge < -0.3 is 10.8 Å². The lowest BCUT2D eigenvalue weighted by molar-refractivity contribution is 0.151. The van der Waals surface area contributed by atoms with Crippen LogP contribution in [0.1, 0.15) is 12.0 Å². The van der Waals surface area contributed by atoms with Gasteiger partial charge in [-0.1, -0.05) is 0 Å². The van der Waals surface area contributed by atoms with Gasteiger partial charge in [0, 0.05) is 15.6 Å². The zero-order chi connectivity index (χ0) is 10.3. The second-order valence-corrected chi connectivity index (χ2v) is 3.82. The molecule has 0 saturated carbocycles. The second-order valence-electron chi connectivity index (χ2n) is 2.90. The third kappa shape index (κ3) is 1.29. The summed E-state index contributed by atoms with van der Waals surface area (Å²) < 4.78 is 25.3. The van der Waals surface area contributed by atoms with Gasteiger partial charge in [-0.2, -0.15) is 0 Å². The maximum Gasteiger partial charge on any atom is 0.264 e. The Balaban J connectivity index is 2.74. The summed E-state index contributed by atoms with van der Waals surface area (Å²) in [6, 6.07) is 2.40. The number of thiophene rings is 1. The van der Waals surface area contributed by atoms with Gasteiger partial charge in [0.1, 0.15) is 5.75 Å². The number of aromatic hydroxyl groups is 1. The zero-order valence-electron chi connectivity index (χ0n) is 7.00. The molecule has 2 nitrogen and oxygen atoms in total. The Bertz CT molecular complexity index is 481. The largest absolute Gasteiger partial charge is 0.507 e. The Kier molecular flexibility index (Phi) is 2.03. The van der Waals surface area contributed by atoms with Gasteiger partial charge in [0.05, 0.1) is 11.1 Å². The number of halogens is 2. The standard InChI is InChI=1S/C9H7F2NOS/c10-9(11)4-1-6(13)8-5(12)3-14-7(8)2-4/h1-3,9,13H,12H2. The lowest BCUT2D eigenvalue weighted by Gasteiger charge is -2.02. The van der Waals surface area contributed by atoms with Gasteiger partial charge in [0.15, 0.2) is 0 Å². The number of benzene rings is 1. The van der Waals surface area contributed by atoms with E-state index in [0.717, 1.165) is 6.07 Å². The molecule has 0 amide bonds. The van der Waals surface area contributed by atoms with Crippen LogP contribution in [0.15, 0.2) is 17.5 Å². The molecule has 0 spiro atoms. The van der Waals surface area contributed by atoms with E-state index in [1.54, 1.807) is 5.38 Å². The number of alkyl halides is 2. The first-order chi connectivity index (χ1) is 6.59. The smallest absolute Gasteiger partial charge is 0.264 e. The van der Waals surface area contributed by atoms with E-state index in [0.29, 0.717) is 15.8 Å². The van der Waals surface area contributed by atoms with Crippen molar-refractivity contribution in [1.82, 2.24) is 0 Å². The Morgan fingerprint density at radius 1 is 1.36 bits per heavy atom. The van der Waals surface area contributed by atoms with Crippen molar-refractivity contribution >= 4 is 27.1 Å². The van der Waals surface area contributed by atoms with Gasteiger partial charge >= 0.3 is 0 Å². The highest BCUT2D eigenvalue weighted by Crippen LogP contribution is 2.38. The lowest BCUT2D eigenvalue weighted by Crippen LogP contribution is -1.85. The molecule has 1 heterocycles. The first kappa shape index (κ1) is 9.21. The Morgan fingerprint density at radius 2 is 2.07 bits per heavy atom. The topological polar surface area (TPSA) is 46.2 Å². The van der Waals surface area contributed by atoms with E-state index in [1.165, 1.54) is 17.4 Å². The number of nitrogen functional groups attached to an aromatic ring is 1. The molecule has 0 aliphatic carbocycles. The van der Waals surface area contributed by atoms with E-state index in [2.05, 4.69) is 0 Å². The SMILES string of the molecule is Nc1csc2cc(C(F)F)cc(O)c12. The summed E-state index contributed by atoms with van der Waals surface area (Å²) in [5, 5.41) is 11.5. The molecule has 1 aromatic carbocycles. The summed E-state index contributed by atoms with van der Waals surface area (Å²) in [5.41, 5.74) is 5.80. The monoisotopic (exact) mass is 215 g/mol. The third-order valence-electron chi connectivity index (χ3n) is 1.96. The van der Waals surface area contributed by atoms with Gasteiger partial charge in [-0.3, -0.25) is 0 Å². The van der Waals surface area contributed by atoms with Crippen molar-refractivity contribution < 1.29 is 13.9 Å². The predicted molar refractivity (Wildman–Crippen MR) is 52.9 cm³/mol. The van der Waals surface area contributed by atoms with Gasteiger partial charge in [-0.05, 0) is 12.1 Å². The molecular formula is C9H7F2NOS. The Labute approximate surface area is 82.6 Å². The average molecular weight is 215 g/mol. The second kappa shape index (κ2) is 3.09. The number of phenols is 1. The highest BCUT2D eigenvalue weighted by atomic mass is 32.1. The summed E-state index contributed by atoms with van der Waals surface area (Å²) in [5.74, 6) is -0.184. The molecule has 1 aromatic heterocycles. The van der Waals surface area contributed by atoms with Crippen LogP contribution in [0.4, 0.5) is 14.5 Å². The van der Waals surface area contributed by atoms with Crippen molar-refractivity contribution in [3.8, 4) is 5.75 Å². The average Bonchev–Trinajstić information content (AvgIpc) is 2.48. The van der Waals surface area contributed by atoms with Crippen molar-refractivity contribution in [3.05, 3.63) is 23.1 Å². The summed E-state index contributed by atoms with van der Waals surface area (Å²) in [6.07, 6.45) is -2.58. The molecule has 2 rings (SSSR count). The van der Waals surface area contributed by atoms with E-state index in [-0.39, 0.29) is 11.3 Å². The molecule has 14 heavy (non-hydrogen) atoms. The molecule has 3 N–H and O–H groups in total. The van der Waals surface area contributed by atoms with Crippen LogP contribution in [0.2, 0.25) is 0 Å². The van der Waals surface area contributed by atoms with E-state index in [9.17, 15) is 13.9 Å². The Morgan fingerprint density at radius 3 is 2.71 bits per heavy atom. The number of anilines is 1. The van der Waals surface area contributed by atoms with Crippen LogP contribution >= 0.6 is 11.3 Å². The fraction of sp³-hybridized carbons (Fsp3) is 0.111. The number of rotatable bonds is 1. The zero-order valence-corrected chi connectivity index (χ0v) is 7.81. The molecule has 0 saturated heterocycles. The molecule has 5 heteroatoms. The minimum absolute atomic E-state index is 0.183. The van der Waals surface area contributed by atoms with Crippen LogP contribution in [0.3, 0.4) is 0 Å². The first-order valence-corrected chi connectivity index (χ1v) is 4.75. The maximum atomic E-state index is 12.3. The first-order valence-electron chi connectivity index (χ1n) is 3.87. The van der Waals surface area contributed by atoms with Crippen LogP contribution in [0, 0.1) is 0 Å². The van der Waals surface area contributed by atoms with Crippen LogP contribution < -0.4 is 5.73 Å². The van der Waals surface area contributed by atoms with Gasteiger partial charge in [0.25, 0.3) is 6.43 Å². The van der Waals surface area contributed by atoms with Crippen LogP contribution in [-0.4, -0.2) is 5.11 Å². The fourth-order valence-electron chi connectivity index (χ4n) is 1.32. The molecule has 0 aliphatic heterocycles. The number of fused-ring (bicyclic) bond motifs is 1. The van der Waals surface area contributed by atoms with Crippen LogP contribution in [0.5, 0.6) is 5.75 Å². The molecule has 2 aromatic rings. The van der Waals surface area contributed by atoms with E-state index in [1.807, 2.05) is 0 Å². The van der Waals surface area contributed by atoms with E-state index < -0.39 is 6.43 Å². The number of hydrogen-bond acceptors (Lipinski definition) is 3. The quantitative estimate of drug-likeness (QED) is 0.767. The van der Waals surface area contributed by atoms with Crippen LogP contribution in [0.25, 0.3) is 10.1 Å². The molecule has 0 fully saturated rings. The molecule has 74 valence electrons. The van der Waals surface area contributed by atoms with Crippen molar-refractivity contribution in [2.24, 2.45) is 0 Å². The van der Waals surface area contributed by atoms with Crippen molar-refractivity contribution in [3.63, 3.8) is 0 Å². The minimum atomic E-state index is -2.58. The minimum Gasteiger partial charge on any atom is -0.507 e. The highest BCUT2D eigenvalue weighted by Gasteiger charge is 2.13. The lowest BCUT2D eigenvalue weighted by atomic mass is 10.1. The number of phenolic OH excluding ortho intramolecular Hbond substituents is 1. The van der Waals surface area contributed by atoms with Crippen molar-refractivity contribution in [1.29, 1.82) is 0 Å². The Hall–Kier alpha value is -1.36. The highest BCUT2D eigenvalue weighted by molar-refractivity contribution is 7.17. The van der Waals surface area contributed by atoms with Gasteiger partial charge in [0.2, 0.25) is 0 Å². The summed E-state index contributed by atoms with van der Waals surface area (Å²) in [6.45, 7) is 0. The van der Waals surface area contributed by atoms with Crippen molar-refractivity contribution in [2.75, 3.05) is 5.73 Å². The van der Waals surface area contributed by atoms with E-state index in [4.69, 9.17) is 5.73 Å². The fourth-order valence-corrected chi connectivity index (χ4v) is 2.23. The summed E-state index contributed by atoms with van der Waals surface area (Å²) in [7, 11) is 0. The van der Waals surface area contributed by atoms with Gasteiger partial charge in [-0.25, -0.2) is 8.78 Å². The molecule has 0 atom stereocenters. The van der Waals surface area contributed by atoms with E-state index >= 15 is 0 Å². The van der Waals surface area contributed by atoms with Crippen molar-refractivity contribution in [2.45, 2.75) is 6.43 Å². The summed E-state index contributed by atoms with van der Waals surface area (Å²) in [4.78, 5) is 0. The molecule has 0 aliphatic rings.